The fourth-order valence-corrected chi connectivity index (χ4v) is 4.44. The van der Waals surface area contributed by atoms with Crippen LogP contribution >= 0.6 is 0 Å². The molecule has 0 unspecified atom stereocenters. The molecule has 0 spiro atoms. The third-order valence-corrected chi connectivity index (χ3v) is 12.9. The molecule has 2 rings (SSSR count). The van der Waals surface area contributed by atoms with Crippen molar-refractivity contribution < 1.29 is 23.0 Å². The molecule has 0 aromatic rings. The van der Waals surface area contributed by atoms with E-state index in [1.807, 2.05) is 0 Å². The minimum Gasteiger partial charge on any atom is -0.417 e. The number of hydrogen-bond donors (Lipinski definition) is 0. The first-order valence-corrected chi connectivity index (χ1v) is 14.6. The zero-order chi connectivity index (χ0) is 24.3. The van der Waals surface area contributed by atoms with Gasteiger partial charge in [-0.3, -0.25) is 0 Å². The largest absolute Gasteiger partial charge is 0.489 e. The molecule has 5 nitrogen and oxygen atoms in total. The predicted octanol–water partition coefficient (Wildman–Crippen LogP) is 6.05. The van der Waals surface area contributed by atoms with Crippen molar-refractivity contribution in [3.05, 3.63) is 12.1 Å². The fraction of sp³-hybridized carbons (Fsp3) is 0.913. The maximum Gasteiger partial charge on any atom is 0.489 e. The van der Waals surface area contributed by atoms with E-state index in [0.29, 0.717) is 6.61 Å². The van der Waals surface area contributed by atoms with Gasteiger partial charge in [-0.1, -0.05) is 20.8 Å². The van der Waals surface area contributed by atoms with Gasteiger partial charge in [-0.2, -0.15) is 0 Å². The average Bonchev–Trinajstić information content (AvgIpc) is 2.89. The van der Waals surface area contributed by atoms with Crippen molar-refractivity contribution >= 4 is 22.6 Å². The van der Waals surface area contributed by atoms with Crippen LogP contribution in [0.2, 0.25) is 23.9 Å². The second-order valence-corrected chi connectivity index (χ2v) is 17.6. The molecule has 0 aliphatic carbocycles. The molecule has 8 heteroatoms. The van der Waals surface area contributed by atoms with Crippen molar-refractivity contribution in [1.29, 1.82) is 0 Å². The highest BCUT2D eigenvalue weighted by Crippen LogP contribution is 2.46. The minimum atomic E-state index is -1.85. The van der Waals surface area contributed by atoms with E-state index in [4.69, 9.17) is 23.0 Å². The number of hydrogen-bond acceptors (Lipinski definition) is 5. The van der Waals surface area contributed by atoms with Gasteiger partial charge in [0.15, 0.2) is 8.32 Å². The highest BCUT2D eigenvalue weighted by atomic mass is 28.4. The minimum absolute atomic E-state index is 0.0967. The van der Waals surface area contributed by atoms with Gasteiger partial charge in [-0.25, -0.2) is 0 Å². The summed E-state index contributed by atoms with van der Waals surface area (Å²) in [6, 6.07) is 0. The first-order valence-electron chi connectivity index (χ1n) is 11.7. The summed E-state index contributed by atoms with van der Waals surface area (Å²) in [5.74, 6) is -0.0967. The normalized spacial score (nSPS) is 25.7. The smallest absolute Gasteiger partial charge is 0.417 e. The van der Waals surface area contributed by atoms with Gasteiger partial charge in [-0.15, -0.1) is 6.58 Å². The maximum absolute atomic E-state index is 6.49. The average molecular weight is 452 g/mol. The lowest BCUT2D eigenvalue weighted by Gasteiger charge is -2.36. The highest BCUT2D eigenvalue weighted by molar-refractivity contribution is 6.74. The third kappa shape index (κ3) is 5.35. The summed E-state index contributed by atoms with van der Waals surface area (Å²) in [5.41, 5.74) is -0.799. The Morgan fingerprint density at radius 1 is 0.839 bits per heavy atom. The molecule has 0 aromatic carbocycles. The van der Waals surface area contributed by atoms with Crippen molar-refractivity contribution in [2.75, 3.05) is 6.61 Å². The van der Waals surface area contributed by atoms with Gasteiger partial charge in [0.2, 0.25) is 0 Å². The van der Waals surface area contributed by atoms with Crippen LogP contribution in [0, 0.1) is 0 Å². The molecule has 0 bridgehead atoms. The Labute approximate surface area is 193 Å². The van der Waals surface area contributed by atoms with E-state index < -0.39 is 45.0 Å². The first kappa shape index (κ1) is 27.1. The molecule has 0 N–H and O–H groups in total. The summed E-state index contributed by atoms with van der Waals surface area (Å²) >= 11 is 0. The third-order valence-electron chi connectivity index (χ3n) is 8.33. The Morgan fingerprint density at radius 3 is 1.61 bits per heavy atom. The van der Waals surface area contributed by atoms with Gasteiger partial charge in [-0.05, 0) is 85.4 Å². The molecule has 2 fully saturated rings. The molecule has 2 saturated heterocycles. The molecule has 2 aliphatic rings. The molecule has 0 saturated carbocycles. The van der Waals surface area contributed by atoms with Crippen LogP contribution in [0.4, 0.5) is 0 Å². The van der Waals surface area contributed by atoms with Gasteiger partial charge in [0, 0.05) is 12.4 Å². The van der Waals surface area contributed by atoms with E-state index in [1.165, 1.54) is 0 Å². The quantitative estimate of drug-likeness (QED) is 0.441. The molecule has 31 heavy (non-hydrogen) atoms. The molecular weight excluding hydrogens is 406 g/mol. The monoisotopic (exact) mass is 452 g/mol. The summed E-state index contributed by atoms with van der Waals surface area (Å²) in [4.78, 5) is 0. The van der Waals surface area contributed by atoms with Crippen molar-refractivity contribution in [2.45, 2.75) is 129 Å². The summed E-state index contributed by atoms with van der Waals surface area (Å²) in [6.45, 7) is 32.9. The van der Waals surface area contributed by atoms with Gasteiger partial charge in [0.1, 0.15) is 0 Å². The predicted molar refractivity (Wildman–Crippen MR) is 133 cm³/mol. The Morgan fingerprint density at radius 2 is 1.23 bits per heavy atom. The van der Waals surface area contributed by atoms with E-state index in [9.17, 15) is 0 Å². The molecule has 2 aliphatic heterocycles. The van der Waals surface area contributed by atoms with E-state index in [1.54, 1.807) is 0 Å². The second-order valence-electron chi connectivity index (χ2n) is 12.8. The van der Waals surface area contributed by atoms with Crippen molar-refractivity contribution in [3.63, 3.8) is 0 Å². The molecule has 0 aromatic heterocycles. The topological polar surface area (TPSA) is 46.2 Å². The number of rotatable bonds is 7. The molecule has 178 valence electrons. The lowest BCUT2D eigenvalue weighted by Crippen LogP contribution is -2.42. The Hall–Kier alpha value is -0.113. The first-order chi connectivity index (χ1) is 13.6. The molecule has 0 amide bonds. The summed E-state index contributed by atoms with van der Waals surface area (Å²) < 4.78 is 31.9. The summed E-state index contributed by atoms with van der Waals surface area (Å²) in [7, 11) is -2.77. The standard InChI is InChI=1S/C23H46B2O5Si/c1-17(24-27-20(5,6)21(7,8)28-24)18(15-16-26-31(13,14)19(2,3)4)25-29-22(9,10)23(11,12)30-25/h18H,1,15-16H2,2-14H3/t18-/m1/s1. The van der Waals surface area contributed by atoms with Crippen LogP contribution in [-0.4, -0.2) is 51.6 Å². The van der Waals surface area contributed by atoms with Crippen LogP contribution in [0.25, 0.3) is 0 Å². The highest BCUT2D eigenvalue weighted by Gasteiger charge is 2.58. The Bertz CT molecular complexity index is 650. The van der Waals surface area contributed by atoms with Crippen LogP contribution < -0.4 is 0 Å². The fourth-order valence-electron chi connectivity index (χ4n) is 3.38. The molecule has 2 heterocycles. The zero-order valence-electron chi connectivity index (χ0n) is 22.4. The van der Waals surface area contributed by atoms with Crippen molar-refractivity contribution in [3.8, 4) is 0 Å². The second kappa shape index (κ2) is 8.28. The van der Waals surface area contributed by atoms with Gasteiger partial charge >= 0.3 is 14.2 Å². The van der Waals surface area contributed by atoms with E-state index >= 15 is 0 Å². The van der Waals surface area contributed by atoms with Crippen LogP contribution in [0.3, 0.4) is 0 Å². The van der Waals surface area contributed by atoms with E-state index in [-0.39, 0.29) is 10.9 Å². The van der Waals surface area contributed by atoms with Gasteiger partial charge in [0.25, 0.3) is 0 Å². The Kier molecular flexibility index (Phi) is 7.25. The van der Waals surface area contributed by atoms with Crippen LogP contribution in [0.1, 0.15) is 82.6 Å². The summed E-state index contributed by atoms with van der Waals surface area (Å²) in [5, 5.41) is 0.162. The van der Waals surface area contributed by atoms with E-state index in [0.717, 1.165) is 11.9 Å². The van der Waals surface area contributed by atoms with Gasteiger partial charge < -0.3 is 23.0 Å². The number of allylic oxidation sites excluding steroid dienone is 1. The van der Waals surface area contributed by atoms with E-state index in [2.05, 4.69) is 95.8 Å². The zero-order valence-corrected chi connectivity index (χ0v) is 23.4. The molecular formula is C23H46B2O5Si. The SMILES string of the molecule is C=C(B1OC(C)(C)C(C)(C)O1)[C@@H](CCO[Si](C)(C)C(C)(C)C)B1OC(C)(C)C(C)(C)O1. The van der Waals surface area contributed by atoms with Crippen LogP contribution in [0.15, 0.2) is 12.1 Å². The lowest BCUT2D eigenvalue weighted by molar-refractivity contribution is 0.00578. The lowest BCUT2D eigenvalue weighted by atomic mass is 9.56. The maximum atomic E-state index is 6.49. The van der Waals surface area contributed by atoms with Crippen molar-refractivity contribution in [2.24, 2.45) is 0 Å². The molecule has 1 atom stereocenters. The van der Waals surface area contributed by atoms with Gasteiger partial charge in [0.05, 0.1) is 22.4 Å². The summed E-state index contributed by atoms with van der Waals surface area (Å²) in [6.07, 6.45) is 0.742. The Balaban J connectivity index is 2.22. The van der Waals surface area contributed by atoms with Crippen LogP contribution in [0.5, 0.6) is 0 Å². The molecule has 0 radical (unpaired) electrons. The van der Waals surface area contributed by atoms with Crippen LogP contribution in [-0.2, 0) is 23.0 Å². The van der Waals surface area contributed by atoms with Crippen molar-refractivity contribution in [1.82, 2.24) is 0 Å².